The molecule has 11 nitrogen and oxygen atoms in total. The zero-order valence-corrected chi connectivity index (χ0v) is 18.5. The number of H-pyrrole nitrogens is 1. The van der Waals surface area contributed by atoms with Gasteiger partial charge in [-0.05, 0) is 35.9 Å². The number of nitrogens with one attached hydrogen (secondary N) is 1. The second-order valence-corrected chi connectivity index (χ2v) is 7.95. The minimum absolute atomic E-state index is 0.0177. The molecule has 0 bridgehead atoms. The summed E-state index contributed by atoms with van der Waals surface area (Å²) in [5.74, 6) is -1.14. The first-order valence-electron chi connectivity index (χ1n) is 9.54. The van der Waals surface area contributed by atoms with Crippen LogP contribution < -0.4 is 5.56 Å². The van der Waals surface area contributed by atoms with E-state index in [1.807, 2.05) is 0 Å². The summed E-state index contributed by atoms with van der Waals surface area (Å²) in [5.41, 5.74) is 0.698. The number of aromatic nitrogens is 6. The molecule has 170 valence electrons. The topological polar surface area (TPSA) is 142 Å². The first-order chi connectivity index (χ1) is 15.8. The van der Waals surface area contributed by atoms with Crippen LogP contribution in [0.5, 0.6) is 0 Å². The largest absolute Gasteiger partial charge is 0.469 e. The van der Waals surface area contributed by atoms with Crippen LogP contribution in [0.3, 0.4) is 0 Å². The Morgan fingerprint density at radius 3 is 2.73 bits per heavy atom. The van der Waals surface area contributed by atoms with E-state index in [0.717, 1.165) is 11.3 Å². The van der Waals surface area contributed by atoms with E-state index in [0.29, 0.717) is 11.1 Å². The van der Waals surface area contributed by atoms with E-state index in [1.165, 1.54) is 25.1 Å². The smallest absolute Gasteiger partial charge is 0.348 e. The maximum Gasteiger partial charge on any atom is 0.348 e. The fourth-order valence-corrected chi connectivity index (χ4v) is 4.30. The minimum Gasteiger partial charge on any atom is -0.469 e. The normalized spacial score (nSPS) is 11.0. The van der Waals surface area contributed by atoms with Crippen molar-refractivity contribution in [1.82, 2.24) is 30.2 Å². The second-order valence-electron chi connectivity index (χ2n) is 6.95. The van der Waals surface area contributed by atoms with Gasteiger partial charge in [0.2, 0.25) is 5.82 Å². The van der Waals surface area contributed by atoms with E-state index in [1.54, 1.807) is 19.1 Å². The third kappa shape index (κ3) is 4.35. The van der Waals surface area contributed by atoms with Crippen LogP contribution in [0.4, 0.5) is 4.39 Å². The van der Waals surface area contributed by atoms with Crippen molar-refractivity contribution < 1.29 is 23.5 Å². The maximum absolute atomic E-state index is 13.5. The summed E-state index contributed by atoms with van der Waals surface area (Å²) >= 11 is 0.938. The number of tetrazole rings is 1. The molecule has 0 spiro atoms. The summed E-state index contributed by atoms with van der Waals surface area (Å²) in [7, 11) is 2.41. The van der Waals surface area contributed by atoms with Gasteiger partial charge in [-0.25, -0.2) is 14.2 Å². The standard InChI is InChI=1S/C20H17FN6O5S/c1-9-6-10(4-5-12(9)21)17-24-26-27(25-17)8-13-22-18(29)15-11(7-14(28)31-2)16(20(30)32-3)33-19(15)23-13/h4-6H,7-8H2,1-3H3,(H,22,23,29). The number of fused-ring (bicyclic) bond motifs is 1. The number of methoxy groups -OCH3 is 2. The van der Waals surface area contributed by atoms with Gasteiger partial charge in [0, 0.05) is 11.1 Å². The van der Waals surface area contributed by atoms with Crippen LogP contribution in [0.2, 0.25) is 0 Å². The average molecular weight is 472 g/mol. The molecule has 33 heavy (non-hydrogen) atoms. The Morgan fingerprint density at radius 2 is 2.03 bits per heavy atom. The van der Waals surface area contributed by atoms with Crippen LogP contribution in [-0.4, -0.2) is 56.3 Å². The summed E-state index contributed by atoms with van der Waals surface area (Å²) in [6.45, 7) is 1.61. The van der Waals surface area contributed by atoms with Crippen LogP contribution >= 0.6 is 11.3 Å². The molecular formula is C20H17FN6O5S. The van der Waals surface area contributed by atoms with Crippen LogP contribution in [0.15, 0.2) is 23.0 Å². The summed E-state index contributed by atoms with van der Waals surface area (Å²) < 4.78 is 22.9. The lowest BCUT2D eigenvalue weighted by Gasteiger charge is -2.02. The summed E-state index contributed by atoms with van der Waals surface area (Å²) in [6, 6.07) is 4.46. The number of halogens is 1. The Bertz CT molecular complexity index is 1440. The summed E-state index contributed by atoms with van der Waals surface area (Å²) in [4.78, 5) is 45.4. The van der Waals surface area contributed by atoms with Gasteiger partial charge in [-0.3, -0.25) is 9.59 Å². The molecule has 0 fully saturated rings. The van der Waals surface area contributed by atoms with Crippen LogP contribution in [0, 0.1) is 12.7 Å². The molecule has 0 aliphatic rings. The lowest BCUT2D eigenvalue weighted by atomic mass is 10.1. The molecule has 0 aliphatic heterocycles. The molecule has 4 rings (SSSR count). The predicted molar refractivity (Wildman–Crippen MR) is 114 cm³/mol. The number of hydrogen-bond acceptors (Lipinski definition) is 10. The lowest BCUT2D eigenvalue weighted by Crippen LogP contribution is -2.17. The molecule has 3 heterocycles. The number of nitrogens with zero attached hydrogens (tertiary/aromatic N) is 5. The molecule has 0 radical (unpaired) electrons. The lowest BCUT2D eigenvalue weighted by molar-refractivity contribution is -0.139. The maximum atomic E-state index is 13.5. The zero-order valence-electron chi connectivity index (χ0n) is 17.7. The van der Waals surface area contributed by atoms with Crippen LogP contribution in [0.1, 0.15) is 26.6 Å². The molecule has 0 unspecified atom stereocenters. The first kappa shape index (κ1) is 22.2. The number of aryl methyl sites for hydroxylation is 1. The fraction of sp³-hybridized carbons (Fsp3) is 0.250. The highest BCUT2D eigenvalue weighted by Gasteiger charge is 2.25. The van der Waals surface area contributed by atoms with Gasteiger partial charge >= 0.3 is 11.9 Å². The van der Waals surface area contributed by atoms with Gasteiger partial charge < -0.3 is 14.5 Å². The van der Waals surface area contributed by atoms with Gasteiger partial charge in [0.15, 0.2) is 0 Å². The molecule has 1 N–H and O–H groups in total. The van der Waals surface area contributed by atoms with E-state index in [4.69, 9.17) is 4.74 Å². The fourth-order valence-electron chi connectivity index (χ4n) is 3.17. The van der Waals surface area contributed by atoms with E-state index in [2.05, 4.69) is 30.1 Å². The van der Waals surface area contributed by atoms with Gasteiger partial charge in [0.1, 0.15) is 27.9 Å². The SMILES string of the molecule is COC(=O)Cc1c(C(=O)OC)sc2nc(Cn3nnc(-c4ccc(F)c(C)c4)n3)[nH]c(=O)c12. The van der Waals surface area contributed by atoms with Crippen molar-refractivity contribution in [3.63, 3.8) is 0 Å². The Balaban J connectivity index is 1.69. The molecule has 3 aromatic heterocycles. The highest BCUT2D eigenvalue weighted by atomic mass is 32.1. The number of thiophene rings is 1. The van der Waals surface area contributed by atoms with Crippen molar-refractivity contribution in [2.24, 2.45) is 0 Å². The number of benzene rings is 1. The zero-order chi connectivity index (χ0) is 23.7. The molecule has 0 amide bonds. The molecule has 0 aliphatic carbocycles. The number of aromatic amines is 1. The molecule has 0 saturated heterocycles. The third-order valence-corrected chi connectivity index (χ3v) is 5.90. The molecule has 13 heteroatoms. The highest BCUT2D eigenvalue weighted by Crippen LogP contribution is 2.29. The van der Waals surface area contributed by atoms with Crippen molar-refractivity contribution in [1.29, 1.82) is 0 Å². The van der Waals surface area contributed by atoms with Crippen molar-refractivity contribution >= 4 is 33.5 Å². The summed E-state index contributed by atoms with van der Waals surface area (Å²) in [5, 5.41) is 12.3. The quantitative estimate of drug-likeness (QED) is 0.414. The first-order valence-corrected chi connectivity index (χ1v) is 10.4. The second kappa shape index (κ2) is 8.86. The number of rotatable bonds is 6. The van der Waals surface area contributed by atoms with E-state index in [9.17, 15) is 18.8 Å². The summed E-state index contributed by atoms with van der Waals surface area (Å²) in [6.07, 6.45) is -0.282. The van der Waals surface area contributed by atoms with Crippen molar-refractivity contribution in [3.05, 3.63) is 56.2 Å². The molecule has 1 aromatic carbocycles. The Hall–Kier alpha value is -4.00. The van der Waals surface area contributed by atoms with Gasteiger partial charge in [-0.2, -0.15) is 4.80 Å². The van der Waals surface area contributed by atoms with E-state index < -0.39 is 17.5 Å². The average Bonchev–Trinajstić information content (AvgIpc) is 3.40. The number of esters is 2. The van der Waals surface area contributed by atoms with Gasteiger partial charge in [-0.1, -0.05) is 0 Å². The Kier molecular flexibility index (Phi) is 5.96. The number of ether oxygens (including phenoxy) is 2. The number of hydrogen-bond donors (Lipinski definition) is 1. The predicted octanol–water partition coefficient (Wildman–Crippen LogP) is 1.64. The van der Waals surface area contributed by atoms with E-state index >= 15 is 0 Å². The third-order valence-electron chi connectivity index (χ3n) is 4.79. The van der Waals surface area contributed by atoms with Crippen LogP contribution in [-0.2, 0) is 27.2 Å². The molecule has 0 atom stereocenters. The van der Waals surface area contributed by atoms with Gasteiger partial charge in [0.25, 0.3) is 5.56 Å². The van der Waals surface area contributed by atoms with Crippen molar-refractivity contribution in [2.75, 3.05) is 14.2 Å². The Morgan fingerprint density at radius 1 is 1.24 bits per heavy atom. The van der Waals surface area contributed by atoms with Crippen molar-refractivity contribution in [3.8, 4) is 11.4 Å². The minimum atomic E-state index is -0.685. The Labute approximate surface area is 189 Å². The number of carbonyl (C=O) groups excluding carboxylic acids is 2. The molecule has 0 saturated carbocycles. The van der Waals surface area contributed by atoms with Crippen LogP contribution in [0.25, 0.3) is 21.6 Å². The van der Waals surface area contributed by atoms with Gasteiger partial charge in [-0.15, -0.1) is 21.5 Å². The van der Waals surface area contributed by atoms with Crippen molar-refractivity contribution in [2.45, 2.75) is 19.9 Å². The molecule has 4 aromatic rings. The van der Waals surface area contributed by atoms with E-state index in [-0.39, 0.29) is 51.1 Å². The molecular weight excluding hydrogens is 455 g/mol. The highest BCUT2D eigenvalue weighted by molar-refractivity contribution is 7.20. The monoisotopic (exact) mass is 472 g/mol. The number of carbonyl (C=O) groups is 2. The van der Waals surface area contributed by atoms with Gasteiger partial charge in [0.05, 0.1) is 26.0 Å².